The van der Waals surface area contributed by atoms with Crippen molar-refractivity contribution >= 4 is 11.9 Å². The maximum Gasteiger partial charge on any atom is 0.305 e. The zero-order valence-electron chi connectivity index (χ0n) is 14.8. The van der Waals surface area contributed by atoms with Crippen LogP contribution in [0, 0.1) is 5.92 Å². The van der Waals surface area contributed by atoms with Gasteiger partial charge in [-0.15, -0.1) is 0 Å². The molecular weight excluding hydrogens is 296 g/mol. The highest BCUT2D eigenvalue weighted by Gasteiger charge is 2.18. The summed E-state index contributed by atoms with van der Waals surface area (Å²) in [7, 11) is 0. The smallest absolute Gasteiger partial charge is 0.305 e. The number of aliphatic carboxylic acids is 1. The summed E-state index contributed by atoms with van der Waals surface area (Å²) in [6.07, 6.45) is 8.27. The predicted octanol–water partition coefficient (Wildman–Crippen LogP) is 3.92. The van der Waals surface area contributed by atoms with E-state index in [2.05, 4.69) is 0 Å². The molecule has 0 radical (unpaired) electrons. The molecule has 2 N–H and O–H groups in total. The van der Waals surface area contributed by atoms with Gasteiger partial charge in [0.15, 0.2) is 0 Å². The molecule has 2 unspecified atom stereocenters. The highest BCUT2D eigenvalue weighted by Crippen LogP contribution is 2.15. The van der Waals surface area contributed by atoms with Crippen molar-refractivity contribution in [3.8, 4) is 0 Å². The van der Waals surface area contributed by atoms with E-state index in [0.29, 0.717) is 13.0 Å². The molecule has 0 aromatic heterocycles. The van der Waals surface area contributed by atoms with Crippen molar-refractivity contribution in [2.75, 3.05) is 6.61 Å². The summed E-state index contributed by atoms with van der Waals surface area (Å²) in [5, 5.41) is 18.5. The predicted molar refractivity (Wildman–Crippen MR) is 90.2 cm³/mol. The Morgan fingerprint density at radius 2 is 1.52 bits per heavy atom. The lowest BCUT2D eigenvalue weighted by molar-refractivity contribution is -0.146. The molecule has 23 heavy (non-hydrogen) atoms. The van der Waals surface area contributed by atoms with E-state index in [9.17, 15) is 14.7 Å². The third-order valence-electron chi connectivity index (χ3n) is 4.13. The van der Waals surface area contributed by atoms with Crippen LogP contribution in [0.15, 0.2) is 0 Å². The number of hydrogen-bond acceptors (Lipinski definition) is 4. The summed E-state index contributed by atoms with van der Waals surface area (Å²) in [6.45, 7) is 4.34. The van der Waals surface area contributed by atoms with Crippen molar-refractivity contribution < 1.29 is 24.5 Å². The van der Waals surface area contributed by atoms with Crippen LogP contribution in [-0.4, -0.2) is 34.9 Å². The molecule has 0 amide bonds. The summed E-state index contributed by atoms with van der Waals surface area (Å²) in [4.78, 5) is 22.0. The largest absolute Gasteiger partial charge is 0.481 e. The van der Waals surface area contributed by atoms with Crippen LogP contribution in [0.3, 0.4) is 0 Å². The molecule has 0 rings (SSSR count). The van der Waals surface area contributed by atoms with Gasteiger partial charge >= 0.3 is 11.9 Å². The van der Waals surface area contributed by atoms with E-state index in [0.717, 1.165) is 57.8 Å². The second kappa shape index (κ2) is 14.5. The minimum absolute atomic E-state index is 0.0353. The molecule has 0 bridgehead atoms. The van der Waals surface area contributed by atoms with E-state index in [-0.39, 0.29) is 24.4 Å². The summed E-state index contributed by atoms with van der Waals surface area (Å²) >= 11 is 0. The topological polar surface area (TPSA) is 83.8 Å². The maximum absolute atomic E-state index is 11.7. The molecule has 0 spiro atoms. The molecule has 5 heteroatoms. The molecule has 0 aliphatic carbocycles. The first kappa shape index (κ1) is 21.9. The van der Waals surface area contributed by atoms with E-state index >= 15 is 0 Å². The van der Waals surface area contributed by atoms with Gasteiger partial charge in [0.1, 0.15) is 0 Å². The number of carboxylic acids is 1. The van der Waals surface area contributed by atoms with Crippen LogP contribution in [0.4, 0.5) is 0 Å². The quantitative estimate of drug-likeness (QED) is 0.351. The molecule has 0 heterocycles. The molecule has 5 nitrogen and oxygen atoms in total. The molecule has 2 atom stereocenters. The van der Waals surface area contributed by atoms with Crippen LogP contribution >= 0.6 is 0 Å². The van der Waals surface area contributed by atoms with Gasteiger partial charge < -0.3 is 14.9 Å². The highest BCUT2D eigenvalue weighted by molar-refractivity contribution is 5.69. The SMILES string of the molecule is CCCC(O)C(CC)COC(=O)CCCCCCCCC(=O)O. The van der Waals surface area contributed by atoms with Crippen molar-refractivity contribution in [1.29, 1.82) is 0 Å². The average Bonchev–Trinajstić information content (AvgIpc) is 2.50. The first-order valence-corrected chi connectivity index (χ1v) is 9.06. The van der Waals surface area contributed by atoms with Gasteiger partial charge in [-0.05, 0) is 25.7 Å². The Morgan fingerprint density at radius 3 is 2.04 bits per heavy atom. The van der Waals surface area contributed by atoms with Crippen molar-refractivity contribution in [3.63, 3.8) is 0 Å². The first-order chi connectivity index (χ1) is 11.0. The molecule has 0 saturated carbocycles. The number of carbonyl (C=O) groups is 2. The summed E-state index contributed by atoms with van der Waals surface area (Å²) < 4.78 is 5.27. The third kappa shape index (κ3) is 13.1. The number of rotatable bonds is 15. The number of unbranched alkanes of at least 4 members (excludes halogenated alkanes) is 5. The van der Waals surface area contributed by atoms with E-state index in [4.69, 9.17) is 9.84 Å². The van der Waals surface area contributed by atoms with Gasteiger partial charge in [-0.1, -0.05) is 46.0 Å². The minimum Gasteiger partial charge on any atom is -0.481 e. The van der Waals surface area contributed by atoms with Crippen LogP contribution in [-0.2, 0) is 14.3 Å². The lowest BCUT2D eigenvalue weighted by Gasteiger charge is -2.20. The number of ether oxygens (including phenoxy) is 1. The number of carbonyl (C=O) groups excluding carboxylic acids is 1. The van der Waals surface area contributed by atoms with Crippen molar-refractivity contribution in [3.05, 3.63) is 0 Å². The molecule has 0 aromatic rings. The van der Waals surface area contributed by atoms with Gasteiger partial charge in [-0.25, -0.2) is 0 Å². The fourth-order valence-electron chi connectivity index (χ4n) is 2.56. The second-order valence-corrected chi connectivity index (χ2v) is 6.22. The van der Waals surface area contributed by atoms with E-state index in [1.54, 1.807) is 0 Å². The molecule has 0 aliphatic rings. The zero-order chi connectivity index (χ0) is 17.5. The Hall–Kier alpha value is -1.10. The summed E-state index contributed by atoms with van der Waals surface area (Å²) in [5.74, 6) is -0.881. The van der Waals surface area contributed by atoms with E-state index < -0.39 is 5.97 Å². The van der Waals surface area contributed by atoms with Crippen LogP contribution in [0.25, 0.3) is 0 Å². The summed E-state index contributed by atoms with van der Waals surface area (Å²) in [6, 6.07) is 0. The van der Waals surface area contributed by atoms with Crippen LogP contribution in [0.1, 0.15) is 84.5 Å². The average molecular weight is 330 g/mol. The fraction of sp³-hybridized carbons (Fsp3) is 0.889. The third-order valence-corrected chi connectivity index (χ3v) is 4.13. The fourth-order valence-corrected chi connectivity index (χ4v) is 2.56. The summed E-state index contributed by atoms with van der Waals surface area (Å²) in [5.41, 5.74) is 0. The zero-order valence-corrected chi connectivity index (χ0v) is 14.8. The minimum atomic E-state index is -0.734. The lowest BCUT2D eigenvalue weighted by atomic mass is 9.97. The Kier molecular flexibility index (Phi) is 13.8. The molecular formula is C18H34O5. The number of carboxylic acid groups (broad SMARTS) is 1. The standard InChI is InChI=1S/C18H34O5/c1-3-11-16(19)15(4-2)14-23-18(22)13-10-8-6-5-7-9-12-17(20)21/h15-16,19H,3-14H2,1-2H3,(H,20,21). The highest BCUT2D eigenvalue weighted by atomic mass is 16.5. The van der Waals surface area contributed by atoms with Crippen LogP contribution < -0.4 is 0 Å². The molecule has 0 aromatic carbocycles. The monoisotopic (exact) mass is 330 g/mol. The van der Waals surface area contributed by atoms with Crippen molar-refractivity contribution in [2.24, 2.45) is 5.92 Å². The van der Waals surface area contributed by atoms with Crippen LogP contribution in [0.5, 0.6) is 0 Å². The van der Waals surface area contributed by atoms with Gasteiger partial charge in [0.25, 0.3) is 0 Å². The Morgan fingerprint density at radius 1 is 0.957 bits per heavy atom. The Balaban J connectivity index is 3.57. The number of aliphatic hydroxyl groups excluding tert-OH is 1. The first-order valence-electron chi connectivity index (χ1n) is 9.06. The Bertz CT molecular complexity index is 317. The van der Waals surface area contributed by atoms with Gasteiger partial charge in [0.05, 0.1) is 12.7 Å². The van der Waals surface area contributed by atoms with Crippen molar-refractivity contribution in [1.82, 2.24) is 0 Å². The maximum atomic E-state index is 11.7. The molecule has 0 saturated heterocycles. The van der Waals surface area contributed by atoms with Gasteiger partial charge in [-0.3, -0.25) is 9.59 Å². The lowest BCUT2D eigenvalue weighted by Crippen LogP contribution is -2.25. The number of esters is 1. The molecule has 0 fully saturated rings. The van der Waals surface area contributed by atoms with Crippen molar-refractivity contribution in [2.45, 2.75) is 90.6 Å². The second-order valence-electron chi connectivity index (χ2n) is 6.22. The number of hydrogen-bond donors (Lipinski definition) is 2. The van der Waals surface area contributed by atoms with Crippen LogP contribution in [0.2, 0.25) is 0 Å². The van der Waals surface area contributed by atoms with E-state index in [1.807, 2.05) is 13.8 Å². The molecule has 0 aliphatic heterocycles. The molecule has 136 valence electrons. The Labute approximate surface area is 140 Å². The van der Waals surface area contributed by atoms with Gasteiger partial charge in [0.2, 0.25) is 0 Å². The van der Waals surface area contributed by atoms with Gasteiger partial charge in [0, 0.05) is 18.8 Å². The van der Waals surface area contributed by atoms with E-state index in [1.165, 1.54) is 0 Å². The number of aliphatic hydroxyl groups is 1. The normalized spacial score (nSPS) is 13.5. The van der Waals surface area contributed by atoms with Gasteiger partial charge in [-0.2, -0.15) is 0 Å².